The van der Waals surface area contributed by atoms with Crippen LogP contribution in [0.4, 0.5) is 0 Å². The van der Waals surface area contributed by atoms with Crippen LogP contribution in [-0.4, -0.2) is 49.5 Å². The van der Waals surface area contributed by atoms with E-state index in [4.69, 9.17) is 9.84 Å². The number of aliphatic hydroxyl groups is 1. The van der Waals surface area contributed by atoms with Crippen LogP contribution in [0.5, 0.6) is 0 Å². The Balaban J connectivity index is 2.90. The smallest absolute Gasteiger partial charge is 0.0698 e. The topological polar surface area (TPSA) is 41.5 Å². The van der Waals surface area contributed by atoms with Gasteiger partial charge in [0, 0.05) is 18.3 Å². The molecular weight excluding hydrogens is 174 g/mol. The van der Waals surface area contributed by atoms with Gasteiger partial charge in [0.2, 0.25) is 0 Å². The van der Waals surface area contributed by atoms with Crippen LogP contribution in [-0.2, 0) is 4.74 Å². The highest BCUT2D eigenvalue weighted by Crippen LogP contribution is 2.01. The molecule has 0 spiro atoms. The fourth-order valence-electron chi connectivity index (χ4n) is 0.700. The summed E-state index contributed by atoms with van der Waals surface area (Å²) in [6.07, 6.45) is 2.11. The van der Waals surface area contributed by atoms with Crippen LogP contribution in [0.25, 0.3) is 0 Å². The molecule has 2 N–H and O–H groups in total. The first-order valence-electron chi connectivity index (χ1n) is 4.23. The molecule has 0 fully saturated rings. The molecule has 74 valence electrons. The minimum absolute atomic E-state index is 0.112. The number of ether oxygens (including phenoxy) is 1. The Hall–Kier alpha value is 0.230. The normalized spacial score (nSPS) is 13.2. The summed E-state index contributed by atoms with van der Waals surface area (Å²) in [7, 11) is 0. The van der Waals surface area contributed by atoms with Gasteiger partial charge in [-0.25, -0.2) is 0 Å². The monoisotopic (exact) mass is 193 g/mol. The Kier molecular flexibility index (Phi) is 9.50. The second-order valence-electron chi connectivity index (χ2n) is 2.59. The van der Waals surface area contributed by atoms with E-state index in [0.717, 1.165) is 13.1 Å². The lowest BCUT2D eigenvalue weighted by Gasteiger charge is -2.09. The summed E-state index contributed by atoms with van der Waals surface area (Å²) in [5.41, 5.74) is 0. The molecular formula is C8H19NO2S. The SMILES string of the molecule is CSC(C)CNCCOCCO. The van der Waals surface area contributed by atoms with Crippen LogP contribution in [0.15, 0.2) is 0 Å². The predicted molar refractivity (Wildman–Crippen MR) is 53.8 cm³/mol. The molecule has 0 aliphatic rings. The molecule has 0 saturated carbocycles. The van der Waals surface area contributed by atoms with Gasteiger partial charge in [0.05, 0.1) is 19.8 Å². The van der Waals surface area contributed by atoms with Crippen molar-refractivity contribution in [3.05, 3.63) is 0 Å². The summed E-state index contributed by atoms with van der Waals surface area (Å²) >= 11 is 1.85. The Labute approximate surface area is 78.9 Å². The molecule has 0 aliphatic carbocycles. The van der Waals surface area contributed by atoms with Gasteiger partial charge in [-0.05, 0) is 6.26 Å². The standard InChI is InChI=1S/C8H19NO2S/c1-8(12-2)7-9-3-5-11-6-4-10/h8-10H,3-7H2,1-2H3. The zero-order valence-electron chi connectivity index (χ0n) is 7.88. The minimum Gasteiger partial charge on any atom is -0.394 e. The lowest BCUT2D eigenvalue weighted by molar-refractivity contribution is 0.0940. The van der Waals surface area contributed by atoms with Gasteiger partial charge in [0.25, 0.3) is 0 Å². The summed E-state index contributed by atoms with van der Waals surface area (Å²) in [6.45, 7) is 5.31. The van der Waals surface area contributed by atoms with Gasteiger partial charge in [-0.1, -0.05) is 6.92 Å². The molecule has 0 aromatic rings. The van der Waals surface area contributed by atoms with Gasteiger partial charge in [0.1, 0.15) is 0 Å². The van der Waals surface area contributed by atoms with E-state index in [1.54, 1.807) is 0 Å². The van der Waals surface area contributed by atoms with E-state index in [1.165, 1.54) is 0 Å². The predicted octanol–water partition coefficient (Wildman–Crippen LogP) is 0.336. The Morgan fingerprint density at radius 3 is 2.83 bits per heavy atom. The molecule has 1 unspecified atom stereocenters. The van der Waals surface area contributed by atoms with E-state index in [2.05, 4.69) is 18.5 Å². The molecule has 0 heterocycles. The van der Waals surface area contributed by atoms with E-state index in [0.29, 0.717) is 18.5 Å². The number of thioether (sulfide) groups is 1. The summed E-state index contributed by atoms with van der Waals surface area (Å²) in [4.78, 5) is 0. The van der Waals surface area contributed by atoms with Crippen molar-refractivity contribution in [2.45, 2.75) is 12.2 Å². The maximum atomic E-state index is 8.40. The summed E-state index contributed by atoms with van der Waals surface area (Å²) in [5, 5.41) is 12.3. The van der Waals surface area contributed by atoms with Gasteiger partial charge in [-0.15, -0.1) is 0 Å². The van der Waals surface area contributed by atoms with Crippen LogP contribution < -0.4 is 5.32 Å². The molecule has 0 amide bonds. The number of hydrogen-bond donors (Lipinski definition) is 2. The van der Waals surface area contributed by atoms with E-state index in [-0.39, 0.29) is 6.61 Å². The zero-order chi connectivity index (χ0) is 9.23. The molecule has 0 bridgehead atoms. The van der Waals surface area contributed by atoms with Crippen LogP contribution in [0, 0.1) is 0 Å². The third-order valence-electron chi connectivity index (χ3n) is 1.49. The Bertz CT molecular complexity index is 93.1. The first-order chi connectivity index (χ1) is 5.81. The summed E-state index contributed by atoms with van der Waals surface area (Å²) < 4.78 is 5.08. The molecule has 0 radical (unpaired) electrons. The Morgan fingerprint density at radius 1 is 1.50 bits per heavy atom. The maximum Gasteiger partial charge on any atom is 0.0698 e. The molecule has 1 atom stereocenters. The van der Waals surface area contributed by atoms with Crippen molar-refractivity contribution in [1.29, 1.82) is 0 Å². The quantitative estimate of drug-likeness (QED) is 0.545. The maximum absolute atomic E-state index is 8.40. The van der Waals surface area contributed by atoms with Crippen molar-refractivity contribution in [1.82, 2.24) is 5.32 Å². The average molecular weight is 193 g/mol. The highest BCUT2D eigenvalue weighted by Gasteiger charge is 1.96. The highest BCUT2D eigenvalue weighted by atomic mass is 32.2. The van der Waals surface area contributed by atoms with Crippen LogP contribution in [0.3, 0.4) is 0 Å². The van der Waals surface area contributed by atoms with Crippen molar-refractivity contribution in [2.75, 3.05) is 39.2 Å². The third-order valence-corrected chi connectivity index (χ3v) is 2.46. The fourth-order valence-corrected chi connectivity index (χ4v) is 0.984. The van der Waals surface area contributed by atoms with Gasteiger partial charge in [0.15, 0.2) is 0 Å². The van der Waals surface area contributed by atoms with Crippen molar-refractivity contribution in [3.8, 4) is 0 Å². The highest BCUT2D eigenvalue weighted by molar-refractivity contribution is 7.99. The number of hydrogen-bond acceptors (Lipinski definition) is 4. The average Bonchev–Trinajstić information content (AvgIpc) is 2.10. The number of rotatable bonds is 8. The van der Waals surface area contributed by atoms with Gasteiger partial charge in [-0.2, -0.15) is 11.8 Å². The van der Waals surface area contributed by atoms with Crippen molar-refractivity contribution in [2.24, 2.45) is 0 Å². The van der Waals surface area contributed by atoms with E-state index in [1.807, 2.05) is 11.8 Å². The lowest BCUT2D eigenvalue weighted by Crippen LogP contribution is -2.26. The molecule has 0 aromatic heterocycles. The zero-order valence-corrected chi connectivity index (χ0v) is 8.69. The van der Waals surface area contributed by atoms with Crippen molar-refractivity contribution in [3.63, 3.8) is 0 Å². The molecule has 0 aliphatic heterocycles. The van der Waals surface area contributed by atoms with Gasteiger partial charge in [-0.3, -0.25) is 0 Å². The fraction of sp³-hybridized carbons (Fsp3) is 1.00. The van der Waals surface area contributed by atoms with Crippen LogP contribution >= 0.6 is 11.8 Å². The number of nitrogens with one attached hydrogen (secondary N) is 1. The lowest BCUT2D eigenvalue weighted by atomic mass is 10.4. The molecule has 0 saturated heterocycles. The largest absolute Gasteiger partial charge is 0.394 e. The van der Waals surface area contributed by atoms with E-state index in [9.17, 15) is 0 Å². The summed E-state index contributed by atoms with van der Waals surface area (Å²) in [6, 6.07) is 0. The van der Waals surface area contributed by atoms with Crippen molar-refractivity contribution >= 4 is 11.8 Å². The molecule has 3 nitrogen and oxygen atoms in total. The molecule has 4 heteroatoms. The van der Waals surface area contributed by atoms with Crippen LogP contribution in [0.1, 0.15) is 6.92 Å². The first kappa shape index (κ1) is 12.2. The van der Waals surface area contributed by atoms with E-state index >= 15 is 0 Å². The Morgan fingerprint density at radius 2 is 2.25 bits per heavy atom. The molecule has 12 heavy (non-hydrogen) atoms. The second kappa shape index (κ2) is 9.32. The molecule has 0 aromatic carbocycles. The van der Waals surface area contributed by atoms with E-state index < -0.39 is 0 Å². The third kappa shape index (κ3) is 8.33. The van der Waals surface area contributed by atoms with Crippen molar-refractivity contribution < 1.29 is 9.84 Å². The van der Waals surface area contributed by atoms with Gasteiger partial charge < -0.3 is 15.2 Å². The van der Waals surface area contributed by atoms with Crippen LogP contribution in [0.2, 0.25) is 0 Å². The number of aliphatic hydroxyl groups excluding tert-OH is 1. The minimum atomic E-state index is 0.112. The second-order valence-corrected chi connectivity index (χ2v) is 3.86. The van der Waals surface area contributed by atoms with Gasteiger partial charge >= 0.3 is 0 Å². The first-order valence-corrected chi connectivity index (χ1v) is 5.52. The summed E-state index contributed by atoms with van der Waals surface area (Å²) in [5.74, 6) is 0. The molecule has 0 rings (SSSR count).